The molecule has 2 aromatic rings. The first-order valence-electron chi connectivity index (χ1n) is 6.07. The highest BCUT2D eigenvalue weighted by atomic mass is 32.2. The Balaban J connectivity index is 2.28. The number of aryl methyl sites for hydroxylation is 1. The van der Waals surface area contributed by atoms with Crippen LogP contribution in [0.3, 0.4) is 0 Å². The van der Waals surface area contributed by atoms with Crippen molar-refractivity contribution in [1.82, 2.24) is 0 Å². The van der Waals surface area contributed by atoms with E-state index in [9.17, 15) is 13.2 Å². The van der Waals surface area contributed by atoms with E-state index in [1.54, 1.807) is 24.3 Å². The number of nitrogens with one attached hydrogen (secondary N) is 1. The Hall–Kier alpha value is -2.38. The fraction of sp³-hybridized carbons (Fsp3) is 0.0714. The van der Waals surface area contributed by atoms with Crippen molar-refractivity contribution in [2.24, 2.45) is 5.14 Å². The molecular formula is C14H15N3O3S. The fourth-order valence-electron chi connectivity index (χ4n) is 1.90. The first kappa shape index (κ1) is 15.0. The molecule has 7 heteroatoms. The van der Waals surface area contributed by atoms with Crippen LogP contribution in [0.4, 0.5) is 11.4 Å². The van der Waals surface area contributed by atoms with Gasteiger partial charge in [0.1, 0.15) is 0 Å². The number of carbonyl (C=O) groups excluding carboxylic acids is 1. The van der Waals surface area contributed by atoms with Gasteiger partial charge in [0.25, 0.3) is 5.91 Å². The SMILES string of the molecule is Cc1cc(N)cc(C(=O)Nc2cccc(S(N)(=O)=O)c2)c1. The molecule has 0 aliphatic carbocycles. The molecule has 0 unspecified atom stereocenters. The van der Waals surface area contributed by atoms with Crippen molar-refractivity contribution < 1.29 is 13.2 Å². The van der Waals surface area contributed by atoms with Crippen molar-refractivity contribution in [2.45, 2.75) is 11.8 Å². The van der Waals surface area contributed by atoms with Gasteiger partial charge in [-0.15, -0.1) is 0 Å². The Kier molecular flexibility index (Phi) is 3.97. The van der Waals surface area contributed by atoms with Gasteiger partial charge in [-0.25, -0.2) is 13.6 Å². The molecule has 0 aliphatic heterocycles. The van der Waals surface area contributed by atoms with E-state index in [-0.39, 0.29) is 10.8 Å². The van der Waals surface area contributed by atoms with E-state index in [1.165, 1.54) is 18.2 Å². The standard InChI is InChI=1S/C14H15N3O3S/c1-9-5-10(7-11(15)6-9)14(18)17-12-3-2-4-13(8-12)21(16,19)20/h2-8H,15H2,1H3,(H,17,18)(H2,16,19,20). The molecule has 0 saturated carbocycles. The Morgan fingerprint density at radius 1 is 1.14 bits per heavy atom. The van der Waals surface area contributed by atoms with Crippen molar-refractivity contribution in [3.63, 3.8) is 0 Å². The molecule has 1 amide bonds. The van der Waals surface area contributed by atoms with Crippen LogP contribution in [0.15, 0.2) is 47.4 Å². The lowest BCUT2D eigenvalue weighted by Gasteiger charge is -2.08. The van der Waals surface area contributed by atoms with Crippen LogP contribution in [0.5, 0.6) is 0 Å². The highest BCUT2D eigenvalue weighted by Gasteiger charge is 2.11. The third kappa shape index (κ3) is 3.80. The van der Waals surface area contributed by atoms with Crippen molar-refractivity contribution in [2.75, 3.05) is 11.1 Å². The van der Waals surface area contributed by atoms with Crippen molar-refractivity contribution in [3.05, 3.63) is 53.6 Å². The van der Waals surface area contributed by atoms with Crippen LogP contribution in [0.25, 0.3) is 0 Å². The van der Waals surface area contributed by atoms with Gasteiger partial charge in [-0.3, -0.25) is 4.79 Å². The molecule has 2 rings (SSSR count). The predicted molar refractivity (Wildman–Crippen MR) is 81.4 cm³/mol. The maximum atomic E-state index is 12.1. The average molecular weight is 305 g/mol. The molecule has 0 saturated heterocycles. The van der Waals surface area contributed by atoms with Gasteiger partial charge in [-0.05, 0) is 48.9 Å². The summed E-state index contributed by atoms with van der Waals surface area (Å²) in [5.74, 6) is -0.378. The lowest BCUT2D eigenvalue weighted by Crippen LogP contribution is -2.15. The van der Waals surface area contributed by atoms with E-state index in [1.807, 2.05) is 6.92 Å². The third-order valence-corrected chi connectivity index (χ3v) is 3.69. The Morgan fingerprint density at radius 2 is 1.86 bits per heavy atom. The fourth-order valence-corrected chi connectivity index (χ4v) is 2.46. The second-order valence-corrected chi connectivity index (χ2v) is 6.22. The van der Waals surface area contributed by atoms with Gasteiger partial charge in [0.15, 0.2) is 0 Å². The van der Waals surface area contributed by atoms with Crippen LogP contribution in [-0.2, 0) is 10.0 Å². The summed E-state index contributed by atoms with van der Waals surface area (Å²) in [4.78, 5) is 12.1. The van der Waals surface area contributed by atoms with Crippen molar-refractivity contribution in [1.29, 1.82) is 0 Å². The van der Waals surface area contributed by atoms with Crippen LogP contribution in [-0.4, -0.2) is 14.3 Å². The maximum absolute atomic E-state index is 12.1. The molecule has 110 valence electrons. The topological polar surface area (TPSA) is 115 Å². The smallest absolute Gasteiger partial charge is 0.255 e. The first-order chi connectivity index (χ1) is 9.75. The van der Waals surface area contributed by atoms with E-state index >= 15 is 0 Å². The number of amides is 1. The molecule has 5 N–H and O–H groups in total. The van der Waals surface area contributed by atoms with E-state index in [4.69, 9.17) is 10.9 Å². The molecule has 2 aromatic carbocycles. The number of primary sulfonamides is 1. The molecule has 0 spiro atoms. The van der Waals surface area contributed by atoms with Crippen LogP contribution >= 0.6 is 0 Å². The van der Waals surface area contributed by atoms with E-state index in [0.717, 1.165) is 5.56 Å². The maximum Gasteiger partial charge on any atom is 0.255 e. The number of anilines is 2. The van der Waals surface area contributed by atoms with Crippen LogP contribution in [0, 0.1) is 6.92 Å². The number of hydrogen-bond donors (Lipinski definition) is 3. The second-order valence-electron chi connectivity index (χ2n) is 4.66. The lowest BCUT2D eigenvalue weighted by atomic mass is 10.1. The van der Waals surface area contributed by atoms with E-state index in [0.29, 0.717) is 16.9 Å². The molecule has 6 nitrogen and oxygen atoms in total. The first-order valence-corrected chi connectivity index (χ1v) is 7.62. The number of rotatable bonds is 3. The molecule has 0 aromatic heterocycles. The summed E-state index contributed by atoms with van der Waals surface area (Å²) in [6.07, 6.45) is 0. The largest absolute Gasteiger partial charge is 0.399 e. The van der Waals surface area contributed by atoms with Gasteiger partial charge < -0.3 is 11.1 Å². The van der Waals surface area contributed by atoms with Gasteiger partial charge in [0.2, 0.25) is 10.0 Å². The number of nitrogens with two attached hydrogens (primary N) is 2. The quantitative estimate of drug-likeness (QED) is 0.745. The number of hydrogen-bond acceptors (Lipinski definition) is 4. The highest BCUT2D eigenvalue weighted by Crippen LogP contribution is 2.17. The number of carbonyl (C=O) groups is 1. The van der Waals surface area contributed by atoms with Gasteiger partial charge >= 0.3 is 0 Å². The van der Waals surface area contributed by atoms with Crippen LogP contribution < -0.4 is 16.2 Å². The molecule has 0 bridgehead atoms. The highest BCUT2D eigenvalue weighted by molar-refractivity contribution is 7.89. The van der Waals surface area contributed by atoms with Crippen LogP contribution in [0.1, 0.15) is 15.9 Å². The Morgan fingerprint density at radius 3 is 2.48 bits per heavy atom. The molecule has 0 radical (unpaired) electrons. The zero-order chi connectivity index (χ0) is 15.6. The summed E-state index contributed by atoms with van der Waals surface area (Å²) in [5.41, 5.74) is 7.78. The Labute approximate surface area is 122 Å². The van der Waals surface area contributed by atoms with Gasteiger partial charge in [0, 0.05) is 16.9 Å². The summed E-state index contributed by atoms with van der Waals surface area (Å²) in [7, 11) is -3.81. The number of benzene rings is 2. The molecule has 0 heterocycles. The normalized spacial score (nSPS) is 11.1. The third-order valence-electron chi connectivity index (χ3n) is 2.78. The van der Waals surface area contributed by atoms with Crippen molar-refractivity contribution in [3.8, 4) is 0 Å². The zero-order valence-electron chi connectivity index (χ0n) is 11.3. The summed E-state index contributed by atoms with van der Waals surface area (Å²) in [6.45, 7) is 1.83. The lowest BCUT2D eigenvalue weighted by molar-refractivity contribution is 0.102. The van der Waals surface area contributed by atoms with Crippen LogP contribution in [0.2, 0.25) is 0 Å². The predicted octanol–water partition coefficient (Wildman–Crippen LogP) is 1.48. The molecule has 0 aliphatic rings. The second kappa shape index (κ2) is 5.55. The number of sulfonamides is 1. The molecular weight excluding hydrogens is 290 g/mol. The molecule has 21 heavy (non-hydrogen) atoms. The summed E-state index contributed by atoms with van der Waals surface area (Å²) < 4.78 is 22.6. The number of nitrogen functional groups attached to an aromatic ring is 1. The van der Waals surface area contributed by atoms with Gasteiger partial charge in [-0.1, -0.05) is 6.07 Å². The Bertz CT molecular complexity index is 781. The van der Waals surface area contributed by atoms with Gasteiger partial charge in [-0.2, -0.15) is 0 Å². The van der Waals surface area contributed by atoms with Gasteiger partial charge in [0.05, 0.1) is 4.90 Å². The molecule has 0 atom stereocenters. The average Bonchev–Trinajstić information content (AvgIpc) is 2.37. The summed E-state index contributed by atoms with van der Waals surface area (Å²) in [6, 6.07) is 10.7. The minimum Gasteiger partial charge on any atom is -0.399 e. The monoisotopic (exact) mass is 305 g/mol. The zero-order valence-corrected chi connectivity index (χ0v) is 12.1. The van der Waals surface area contributed by atoms with Crippen molar-refractivity contribution >= 4 is 27.3 Å². The van der Waals surface area contributed by atoms with E-state index < -0.39 is 10.0 Å². The van der Waals surface area contributed by atoms with E-state index in [2.05, 4.69) is 5.32 Å². The summed E-state index contributed by atoms with van der Waals surface area (Å²) in [5, 5.41) is 7.66. The summed E-state index contributed by atoms with van der Waals surface area (Å²) >= 11 is 0. The minimum absolute atomic E-state index is 0.0657. The molecule has 0 fully saturated rings. The minimum atomic E-state index is -3.81.